The molecule has 3 heteroatoms. The Morgan fingerprint density at radius 1 is 0.281 bits per heavy atom. The van der Waals surface area contributed by atoms with Gasteiger partial charge in [-0.15, -0.1) is 0 Å². The van der Waals surface area contributed by atoms with Crippen LogP contribution in [0.4, 0.5) is 0 Å². The van der Waals surface area contributed by atoms with Gasteiger partial charge >= 0.3 is 0 Å². The van der Waals surface area contributed by atoms with Crippen LogP contribution in [0.1, 0.15) is 0 Å². The molecule has 2 heterocycles. The summed E-state index contributed by atoms with van der Waals surface area (Å²) in [6.07, 6.45) is 0. The molecule has 0 N–H and O–H groups in total. The second-order valence-electron chi connectivity index (χ2n) is 14.8. The first-order chi connectivity index (χ1) is 28.3. The molecule has 2 nitrogen and oxygen atoms in total. The molecular formula is C54H38N2Si. The number of fused-ring (bicyclic) bond motifs is 6. The maximum Gasteiger partial charge on any atom is 0.179 e. The topological polar surface area (TPSA) is 9.86 Å². The van der Waals surface area contributed by atoms with E-state index in [1.54, 1.807) is 0 Å². The number of aromatic nitrogens is 2. The molecule has 9 aromatic carbocycles. The second-order valence-corrected chi connectivity index (χ2v) is 18.6. The van der Waals surface area contributed by atoms with Crippen molar-refractivity contribution in [3.63, 3.8) is 0 Å². The fourth-order valence-corrected chi connectivity index (χ4v) is 14.3. The number of hydrogen-bond acceptors (Lipinski definition) is 0. The van der Waals surface area contributed by atoms with Gasteiger partial charge in [-0.2, -0.15) is 0 Å². The van der Waals surface area contributed by atoms with Crippen molar-refractivity contribution in [1.82, 2.24) is 9.13 Å². The van der Waals surface area contributed by atoms with Crippen LogP contribution in [0.3, 0.4) is 0 Å². The van der Waals surface area contributed by atoms with Gasteiger partial charge in [-0.3, -0.25) is 0 Å². The average Bonchev–Trinajstić information content (AvgIpc) is 3.82. The normalized spacial score (nSPS) is 11.9. The van der Waals surface area contributed by atoms with Crippen LogP contribution in [0.2, 0.25) is 0 Å². The van der Waals surface area contributed by atoms with Crippen LogP contribution in [-0.2, 0) is 0 Å². The lowest BCUT2D eigenvalue weighted by molar-refractivity contribution is 1.17. The van der Waals surface area contributed by atoms with Gasteiger partial charge in [0.1, 0.15) is 0 Å². The highest BCUT2D eigenvalue weighted by Gasteiger charge is 2.41. The first kappa shape index (κ1) is 33.2. The lowest BCUT2D eigenvalue weighted by Crippen LogP contribution is -2.74. The molecule has 0 aliphatic rings. The van der Waals surface area contributed by atoms with Crippen molar-refractivity contribution in [1.29, 1.82) is 0 Å². The van der Waals surface area contributed by atoms with E-state index in [9.17, 15) is 0 Å². The van der Waals surface area contributed by atoms with Crippen LogP contribution < -0.4 is 20.7 Å². The lowest BCUT2D eigenvalue weighted by atomic mass is 9.99. The number of rotatable bonds is 7. The summed E-state index contributed by atoms with van der Waals surface area (Å²) in [5, 5.41) is 10.5. The zero-order valence-corrected chi connectivity index (χ0v) is 32.3. The summed E-state index contributed by atoms with van der Waals surface area (Å²) in [4.78, 5) is 0. The molecular weight excluding hydrogens is 705 g/mol. The Labute approximate surface area is 333 Å². The summed E-state index contributed by atoms with van der Waals surface area (Å²) in [5.74, 6) is 0. The highest BCUT2D eigenvalue weighted by molar-refractivity contribution is 7.19. The number of nitrogens with zero attached hydrogens (tertiary/aromatic N) is 2. The van der Waals surface area contributed by atoms with Gasteiger partial charge in [0.05, 0.1) is 27.8 Å². The zero-order valence-electron chi connectivity index (χ0n) is 31.3. The fourth-order valence-electron chi connectivity index (χ4n) is 9.53. The van der Waals surface area contributed by atoms with Gasteiger partial charge < -0.3 is 9.13 Å². The highest BCUT2D eigenvalue weighted by Crippen LogP contribution is 2.42. The minimum Gasteiger partial charge on any atom is -0.309 e. The van der Waals surface area contributed by atoms with E-state index in [0.29, 0.717) is 0 Å². The molecule has 0 bridgehead atoms. The summed E-state index contributed by atoms with van der Waals surface area (Å²) in [7, 11) is -2.65. The predicted octanol–water partition coefficient (Wildman–Crippen LogP) is 10.9. The Morgan fingerprint density at radius 2 is 0.702 bits per heavy atom. The van der Waals surface area contributed by atoms with E-state index < -0.39 is 8.07 Å². The van der Waals surface area contributed by atoms with Gasteiger partial charge in [-0.05, 0) is 74.3 Å². The van der Waals surface area contributed by atoms with Crippen molar-refractivity contribution >= 4 is 72.4 Å². The van der Waals surface area contributed by atoms with Gasteiger partial charge in [0.15, 0.2) is 8.07 Å². The first-order valence-electron chi connectivity index (χ1n) is 19.7. The molecule has 0 aliphatic heterocycles. The maximum absolute atomic E-state index is 2.65. The summed E-state index contributed by atoms with van der Waals surface area (Å²) < 4.78 is 4.94. The summed E-state index contributed by atoms with van der Waals surface area (Å²) in [6, 6.07) is 85.0. The van der Waals surface area contributed by atoms with Crippen LogP contribution in [-0.4, -0.2) is 17.2 Å². The molecule has 0 fully saturated rings. The van der Waals surface area contributed by atoms with E-state index in [0.717, 1.165) is 5.69 Å². The third-order valence-electron chi connectivity index (χ3n) is 11.9. The van der Waals surface area contributed by atoms with Gasteiger partial charge in [0.2, 0.25) is 0 Å². The summed E-state index contributed by atoms with van der Waals surface area (Å²) >= 11 is 0. The van der Waals surface area contributed by atoms with E-state index in [1.807, 2.05) is 0 Å². The molecule has 0 saturated carbocycles. The Balaban J connectivity index is 1.15. The molecule has 57 heavy (non-hydrogen) atoms. The van der Waals surface area contributed by atoms with Gasteiger partial charge in [0, 0.05) is 27.2 Å². The minimum absolute atomic E-state index is 1.15. The van der Waals surface area contributed by atoms with Crippen molar-refractivity contribution in [3.05, 3.63) is 231 Å². The third-order valence-corrected chi connectivity index (χ3v) is 16.7. The summed E-state index contributed by atoms with van der Waals surface area (Å²) in [6.45, 7) is 0. The molecule has 0 aliphatic carbocycles. The van der Waals surface area contributed by atoms with Crippen molar-refractivity contribution in [3.8, 4) is 22.5 Å². The molecule has 0 saturated heterocycles. The molecule has 0 radical (unpaired) electrons. The molecule has 0 atom stereocenters. The maximum atomic E-state index is 2.48. The van der Waals surface area contributed by atoms with Crippen LogP contribution in [0.25, 0.3) is 66.1 Å². The van der Waals surface area contributed by atoms with E-state index >= 15 is 0 Å². The average molecular weight is 743 g/mol. The Hall–Kier alpha value is -7.20. The zero-order chi connectivity index (χ0) is 37.8. The molecule has 268 valence electrons. The Morgan fingerprint density at radius 3 is 1.28 bits per heavy atom. The van der Waals surface area contributed by atoms with Crippen molar-refractivity contribution in [2.45, 2.75) is 0 Å². The van der Waals surface area contributed by atoms with E-state index in [-0.39, 0.29) is 0 Å². The fraction of sp³-hybridized carbons (Fsp3) is 0. The predicted molar refractivity (Wildman–Crippen MR) is 244 cm³/mol. The molecule has 11 aromatic rings. The Bertz CT molecular complexity index is 3100. The van der Waals surface area contributed by atoms with E-state index in [2.05, 4.69) is 240 Å². The van der Waals surface area contributed by atoms with Crippen molar-refractivity contribution in [2.75, 3.05) is 0 Å². The van der Waals surface area contributed by atoms with Crippen LogP contribution >= 0.6 is 0 Å². The Kier molecular flexibility index (Phi) is 7.87. The van der Waals surface area contributed by atoms with Crippen LogP contribution in [0.5, 0.6) is 0 Å². The molecule has 11 rings (SSSR count). The quantitative estimate of drug-likeness (QED) is 0.114. The monoisotopic (exact) mass is 742 g/mol. The number of para-hydroxylation sites is 2. The molecule has 0 amide bonds. The van der Waals surface area contributed by atoms with Gasteiger partial charge in [-0.25, -0.2) is 0 Å². The van der Waals surface area contributed by atoms with Crippen LogP contribution in [0.15, 0.2) is 231 Å². The van der Waals surface area contributed by atoms with Crippen LogP contribution in [0, 0.1) is 0 Å². The number of benzene rings is 9. The highest BCUT2D eigenvalue weighted by atomic mass is 28.3. The SMILES string of the molecule is c1ccc(-c2cccc3c2c2ccccc2n3-c2cccc3c2c2ccccc2n3-c2ccc([Si](c3ccccc3)(c3ccccc3)c3ccccc3)cc2)cc1. The second kappa shape index (κ2) is 13.5. The van der Waals surface area contributed by atoms with E-state index in [1.165, 1.54) is 81.2 Å². The van der Waals surface area contributed by atoms with Crippen molar-refractivity contribution in [2.24, 2.45) is 0 Å². The standard InChI is InChI=1S/C54H38N2Si/c1-5-19-39(20-6-1)45-29-17-32-50-53(45)46-27-13-16-31-49(46)56(50)52-34-18-33-51-54(52)47-28-14-15-30-48(47)55(51)40-35-37-44(38-36-40)57(41-21-7-2-8-22-41,42-23-9-3-10-24-42)43-25-11-4-12-26-43/h1-38H. The minimum atomic E-state index is -2.65. The first-order valence-corrected chi connectivity index (χ1v) is 21.7. The molecule has 2 aromatic heterocycles. The lowest BCUT2D eigenvalue weighted by Gasteiger charge is -2.34. The van der Waals surface area contributed by atoms with Gasteiger partial charge in [-0.1, -0.05) is 188 Å². The van der Waals surface area contributed by atoms with E-state index in [4.69, 9.17) is 0 Å². The number of hydrogen-bond donors (Lipinski definition) is 0. The smallest absolute Gasteiger partial charge is 0.179 e. The van der Waals surface area contributed by atoms with Gasteiger partial charge in [0.25, 0.3) is 0 Å². The molecule has 0 unspecified atom stereocenters. The largest absolute Gasteiger partial charge is 0.309 e. The molecule has 0 spiro atoms. The summed E-state index contributed by atoms with van der Waals surface area (Å²) in [5.41, 5.74) is 9.58. The van der Waals surface area contributed by atoms with Crippen molar-refractivity contribution < 1.29 is 0 Å². The third kappa shape index (κ3) is 5.10.